The van der Waals surface area contributed by atoms with Gasteiger partial charge in [-0.05, 0) is 0 Å². The first-order valence-corrected chi connectivity index (χ1v) is 6.75. The van der Waals surface area contributed by atoms with Crippen molar-refractivity contribution in [3.05, 3.63) is 0 Å². The highest BCUT2D eigenvalue weighted by Crippen LogP contribution is 2.17. The summed E-state index contributed by atoms with van der Waals surface area (Å²) in [6, 6.07) is 0. The first-order chi connectivity index (χ1) is 10.4. The molecule has 0 fully saturated rings. The Balaban J connectivity index is -0.0000000120. The molecule has 0 aromatic heterocycles. The molecule has 248 valence electrons. The number of hydrogen-bond donors (Lipinski definition) is 6. The second-order valence-electron chi connectivity index (χ2n) is 5.53. The summed E-state index contributed by atoms with van der Waals surface area (Å²) < 4.78 is 14.5. The Hall–Kier alpha value is -0.360. The van der Waals surface area contributed by atoms with Crippen molar-refractivity contribution in [2.45, 2.75) is 118 Å². The normalized spacial score (nSPS) is 7.33. The lowest BCUT2D eigenvalue weighted by Gasteiger charge is -2.27. The van der Waals surface area contributed by atoms with Crippen molar-refractivity contribution < 1.29 is 44.8 Å². The van der Waals surface area contributed by atoms with Crippen LogP contribution < -0.4 is 0 Å². The van der Waals surface area contributed by atoms with Crippen molar-refractivity contribution >= 4 is 0 Å². The zero-order valence-corrected chi connectivity index (χ0v) is 13.3. The molecule has 0 amide bonds. The molecule has 0 radical (unpaired) electrons. The van der Waals surface area contributed by atoms with Crippen LogP contribution in [0.2, 0.25) is 0 Å². The molecule has 0 saturated heterocycles. The van der Waals surface area contributed by atoms with Gasteiger partial charge in [0.25, 0.3) is 0 Å². The third-order valence-electron chi connectivity index (χ3n) is 2.77. The fourth-order valence-corrected chi connectivity index (χ4v) is 1.15. The van der Waals surface area contributed by atoms with Crippen LogP contribution in [0.4, 0.5) is 0 Å². The van der Waals surface area contributed by atoms with Crippen molar-refractivity contribution in [2.75, 3.05) is 60.0 Å². The molecule has 6 N–H and O–H groups in total. The van der Waals surface area contributed by atoms with Crippen LogP contribution in [0.15, 0.2) is 0 Å². The van der Waals surface area contributed by atoms with Gasteiger partial charge in [-0.15, -0.1) is 0 Å². The topological polar surface area (TPSA) is 149 Å². The van der Waals surface area contributed by atoms with E-state index in [2.05, 4.69) is 0 Å². The van der Waals surface area contributed by atoms with E-state index in [9.17, 15) is 0 Å². The summed E-state index contributed by atoms with van der Waals surface area (Å²) in [5.74, 6) is 0. The number of aliphatic hydroxyl groups is 6. The summed E-state index contributed by atoms with van der Waals surface area (Å²) in [5, 5.41) is 50.8. The van der Waals surface area contributed by atoms with Crippen LogP contribution in [0, 0.1) is 10.8 Å². The predicted octanol–water partition coefficient (Wildman–Crippen LogP) is 6.77. The average molecular weight is 555 g/mol. The Labute approximate surface area is 233 Å². The quantitative estimate of drug-likeness (QED) is 0.144. The highest BCUT2D eigenvalue weighted by Gasteiger charge is 2.25. The maximum absolute atomic E-state index is 8.48. The number of rotatable bonds is 12. The van der Waals surface area contributed by atoms with Gasteiger partial charge in [0.1, 0.15) is 20.4 Å². The number of aliphatic hydroxyl groups excluding tert-OH is 6. The monoisotopic (exact) mass is 555 g/mol. The predicted molar refractivity (Wildman–Crippen MR) is 171 cm³/mol. The Morgan fingerprint density at radius 2 is 0.528 bits per heavy atom. The molecule has 9 heteroatoms. The summed E-state index contributed by atoms with van der Waals surface area (Å²) in [7, 11) is 0. The van der Waals surface area contributed by atoms with Gasteiger partial charge in [-0.1, -0.05) is 118 Å². The van der Waals surface area contributed by atoms with Gasteiger partial charge < -0.3 is 44.8 Å². The van der Waals surface area contributed by atoms with Gasteiger partial charge in [0, 0.05) is 10.8 Å². The Bertz CT molecular complexity index is 211. The van der Waals surface area contributed by atoms with Crippen LogP contribution in [-0.2, 0) is 14.2 Å². The van der Waals surface area contributed by atoms with Gasteiger partial charge >= 0.3 is 0 Å². The van der Waals surface area contributed by atoms with E-state index in [4.69, 9.17) is 44.8 Å². The van der Waals surface area contributed by atoms with Crippen LogP contribution in [0.25, 0.3) is 0 Å². The standard InChI is InChI=1S/C8H18O6.C5H12O3.14CH4/c1-8(2-12-5-9,3-13-6-10)4-14-7-11;1-5(2-6,3-7)4-8;;;;;;;;;;;;;;/h9-11H,2-7H2,1H3;6-8H,2-4H2,1H3;14*1H4. The molecule has 0 rings (SSSR count). The first-order valence-electron chi connectivity index (χ1n) is 6.75. The summed E-state index contributed by atoms with van der Waals surface area (Å²) in [6.45, 7) is 2.40. The number of ether oxygens (including phenoxy) is 3. The van der Waals surface area contributed by atoms with E-state index in [1.165, 1.54) is 0 Å². The van der Waals surface area contributed by atoms with E-state index in [0.717, 1.165) is 0 Å². The molecule has 36 heavy (non-hydrogen) atoms. The van der Waals surface area contributed by atoms with Gasteiger partial charge in [-0.25, -0.2) is 0 Å². The zero-order chi connectivity index (χ0) is 17.5. The fraction of sp³-hybridized carbons (Fsp3) is 1.00. The van der Waals surface area contributed by atoms with Gasteiger partial charge in [0.2, 0.25) is 0 Å². The van der Waals surface area contributed by atoms with E-state index >= 15 is 0 Å². The Morgan fingerprint density at radius 1 is 0.361 bits per heavy atom. The maximum Gasteiger partial charge on any atom is 0.143 e. The second-order valence-corrected chi connectivity index (χ2v) is 5.53. The van der Waals surface area contributed by atoms with E-state index in [1.807, 2.05) is 0 Å². The van der Waals surface area contributed by atoms with Crippen molar-refractivity contribution in [1.29, 1.82) is 0 Å². The first kappa shape index (κ1) is 111. The average Bonchev–Trinajstić information content (AvgIpc) is 2.56. The minimum absolute atomic E-state index is 0. The summed E-state index contributed by atoms with van der Waals surface area (Å²) in [5.41, 5.74) is -1.20. The third kappa shape index (κ3) is 64.1. The van der Waals surface area contributed by atoms with Crippen molar-refractivity contribution in [3.8, 4) is 0 Å². The lowest BCUT2D eigenvalue weighted by atomic mass is 9.94. The number of hydrogen-bond acceptors (Lipinski definition) is 9. The smallest absolute Gasteiger partial charge is 0.143 e. The summed E-state index contributed by atoms with van der Waals surface area (Å²) in [4.78, 5) is 0. The van der Waals surface area contributed by atoms with Crippen molar-refractivity contribution in [3.63, 3.8) is 0 Å². The Kier molecular flexibility index (Phi) is 216. The molecule has 0 atom stereocenters. The molecule has 0 aromatic carbocycles. The highest BCUT2D eigenvalue weighted by molar-refractivity contribution is 4.72. The van der Waals surface area contributed by atoms with Crippen LogP contribution in [0.1, 0.15) is 118 Å². The Morgan fingerprint density at radius 3 is 0.611 bits per heavy atom. The minimum Gasteiger partial charge on any atom is -0.396 e. The molecular formula is C27H86O9. The highest BCUT2D eigenvalue weighted by atomic mass is 16.6. The largest absolute Gasteiger partial charge is 0.396 e. The maximum atomic E-state index is 8.48. The van der Waals surface area contributed by atoms with E-state index in [0.29, 0.717) is 0 Å². The van der Waals surface area contributed by atoms with E-state index < -0.39 is 10.8 Å². The molecule has 0 aliphatic carbocycles. The second kappa shape index (κ2) is 70.1. The van der Waals surface area contributed by atoms with Gasteiger partial charge in [0.05, 0.1) is 39.6 Å². The van der Waals surface area contributed by atoms with Gasteiger partial charge in [0.15, 0.2) is 0 Å². The van der Waals surface area contributed by atoms with Crippen LogP contribution in [0.5, 0.6) is 0 Å². The molecule has 0 aliphatic rings. The molecule has 9 nitrogen and oxygen atoms in total. The molecular weight excluding hydrogens is 468 g/mol. The lowest BCUT2D eigenvalue weighted by Crippen LogP contribution is -2.34. The van der Waals surface area contributed by atoms with Crippen LogP contribution in [0.3, 0.4) is 0 Å². The molecule has 0 unspecified atom stereocenters. The third-order valence-corrected chi connectivity index (χ3v) is 2.77. The van der Waals surface area contributed by atoms with E-state index in [-0.39, 0.29) is 164 Å². The zero-order valence-electron chi connectivity index (χ0n) is 13.3. The molecule has 0 bridgehead atoms. The molecule has 0 saturated carbocycles. The molecule has 0 heterocycles. The fourth-order valence-electron chi connectivity index (χ4n) is 1.15. The van der Waals surface area contributed by atoms with Crippen molar-refractivity contribution in [1.82, 2.24) is 0 Å². The van der Waals surface area contributed by atoms with Gasteiger partial charge in [-0.2, -0.15) is 0 Å². The van der Waals surface area contributed by atoms with Gasteiger partial charge in [-0.3, -0.25) is 0 Å². The minimum atomic E-state index is -0.708. The summed E-state index contributed by atoms with van der Waals surface area (Å²) in [6.07, 6.45) is 0. The van der Waals surface area contributed by atoms with Crippen LogP contribution in [-0.4, -0.2) is 90.7 Å². The molecule has 0 spiro atoms. The molecule has 0 aliphatic heterocycles. The van der Waals surface area contributed by atoms with Crippen molar-refractivity contribution in [2.24, 2.45) is 10.8 Å². The van der Waals surface area contributed by atoms with Crippen LogP contribution >= 0.6 is 0 Å². The summed E-state index contributed by atoms with van der Waals surface area (Å²) >= 11 is 0. The molecule has 0 aromatic rings. The SMILES string of the molecule is C.C.C.C.C.C.C.C.C.C.C.C.C.C.CC(CO)(CO)CO.CC(COCO)(COCO)COCO. The lowest BCUT2D eigenvalue weighted by molar-refractivity contribution is -0.126. The van der Waals surface area contributed by atoms with E-state index in [1.54, 1.807) is 13.8 Å².